The van der Waals surface area contributed by atoms with Crippen molar-refractivity contribution >= 4 is 34.7 Å². The molecule has 2 aliphatic heterocycles. The Bertz CT molecular complexity index is 1370. The first-order valence-corrected chi connectivity index (χ1v) is 13.8. The Labute approximate surface area is 228 Å². The van der Waals surface area contributed by atoms with Crippen LogP contribution >= 0.6 is 0 Å². The molecule has 2 atom stereocenters. The zero-order valence-electron chi connectivity index (χ0n) is 22.0. The molecule has 2 saturated heterocycles. The normalized spacial score (nSPS) is 25.1. The third kappa shape index (κ3) is 5.19. The molecule has 3 fully saturated rings. The van der Waals surface area contributed by atoms with E-state index >= 15 is 0 Å². The molecule has 3 N–H and O–H groups in total. The molecule has 3 aliphatic rings. The van der Waals surface area contributed by atoms with Gasteiger partial charge in [-0.15, -0.1) is 0 Å². The lowest BCUT2D eigenvalue weighted by Crippen LogP contribution is -2.43. The van der Waals surface area contributed by atoms with Crippen LogP contribution in [0.3, 0.4) is 0 Å². The van der Waals surface area contributed by atoms with Gasteiger partial charge in [0.05, 0.1) is 31.5 Å². The summed E-state index contributed by atoms with van der Waals surface area (Å²) in [5.74, 6) is -2.50. The number of rotatable bonds is 7. The van der Waals surface area contributed by atoms with Crippen molar-refractivity contribution in [3.63, 3.8) is 0 Å². The van der Waals surface area contributed by atoms with Gasteiger partial charge in [-0.2, -0.15) is 4.98 Å². The molecule has 13 heteroatoms. The molecule has 1 saturated carbocycles. The van der Waals surface area contributed by atoms with Crippen molar-refractivity contribution in [2.24, 2.45) is 5.92 Å². The largest absolute Gasteiger partial charge is 0.394 e. The Morgan fingerprint density at radius 2 is 1.85 bits per heavy atom. The number of ether oxygens (including phenoxy) is 1. The number of aliphatic hydroxyl groups excluding tert-OH is 1. The number of aromatic nitrogens is 4. The monoisotopic (exact) mass is 559 g/mol. The minimum Gasteiger partial charge on any atom is -0.394 e. The van der Waals surface area contributed by atoms with Gasteiger partial charge in [-0.3, -0.25) is 9.36 Å². The molecule has 0 unspecified atom stereocenters. The summed E-state index contributed by atoms with van der Waals surface area (Å²) in [6, 6.07) is 1.07. The van der Waals surface area contributed by atoms with Crippen LogP contribution < -0.4 is 10.6 Å². The quantitative estimate of drug-likeness (QED) is 0.399. The Balaban J connectivity index is 1.19. The predicted octanol–water partition coefficient (Wildman–Crippen LogP) is 3.90. The van der Waals surface area contributed by atoms with E-state index in [4.69, 9.17) is 9.72 Å². The third-order valence-corrected chi connectivity index (χ3v) is 8.23. The van der Waals surface area contributed by atoms with Crippen LogP contribution in [0.5, 0.6) is 0 Å². The first kappa shape index (κ1) is 26.8. The van der Waals surface area contributed by atoms with Gasteiger partial charge in [-0.05, 0) is 44.9 Å². The lowest BCUT2D eigenvalue weighted by Gasteiger charge is -2.32. The van der Waals surface area contributed by atoms with Gasteiger partial charge in [-0.1, -0.05) is 0 Å². The number of halogens is 3. The average molecular weight is 560 g/mol. The van der Waals surface area contributed by atoms with Crippen molar-refractivity contribution in [1.29, 1.82) is 0 Å². The summed E-state index contributed by atoms with van der Waals surface area (Å²) in [4.78, 5) is 28.5. The molecule has 214 valence electrons. The fraction of sp³-hybridized carbons (Fsp3) is 0.556. The Hall–Kier alpha value is -3.45. The first-order chi connectivity index (χ1) is 19.4. The first-order valence-electron chi connectivity index (χ1n) is 13.8. The number of hydrogen-bond donors (Lipinski definition) is 3. The fourth-order valence-electron chi connectivity index (χ4n) is 6.11. The van der Waals surface area contributed by atoms with Gasteiger partial charge in [-0.25, -0.2) is 23.1 Å². The summed E-state index contributed by atoms with van der Waals surface area (Å²) >= 11 is 0. The van der Waals surface area contributed by atoms with Gasteiger partial charge >= 0.3 is 0 Å². The highest BCUT2D eigenvalue weighted by atomic mass is 19.1. The van der Waals surface area contributed by atoms with E-state index in [0.717, 1.165) is 38.5 Å². The van der Waals surface area contributed by atoms with E-state index in [1.807, 2.05) is 4.90 Å². The van der Waals surface area contributed by atoms with Crippen molar-refractivity contribution < 1.29 is 27.8 Å². The van der Waals surface area contributed by atoms with Crippen molar-refractivity contribution in [2.75, 3.05) is 37.0 Å². The molecule has 6 rings (SSSR count). The maximum Gasteiger partial charge on any atom is 0.226 e. The van der Waals surface area contributed by atoms with E-state index in [9.17, 15) is 23.1 Å². The maximum atomic E-state index is 14.4. The van der Waals surface area contributed by atoms with Crippen LogP contribution in [0.4, 0.5) is 30.8 Å². The summed E-state index contributed by atoms with van der Waals surface area (Å²) < 4.78 is 49.6. The number of imidazole rings is 1. The Morgan fingerprint density at radius 1 is 1.07 bits per heavy atom. The summed E-state index contributed by atoms with van der Waals surface area (Å²) in [5, 5.41) is 15.7. The number of likely N-dealkylation sites (tertiary alicyclic amines) is 1. The zero-order chi connectivity index (χ0) is 27.8. The van der Waals surface area contributed by atoms with Crippen LogP contribution in [0, 0.1) is 23.4 Å². The van der Waals surface area contributed by atoms with E-state index < -0.39 is 23.1 Å². The molecule has 0 spiro atoms. The molecule has 3 aromatic rings. The number of carbonyl (C=O) groups is 1. The molecule has 4 heterocycles. The molecule has 1 aromatic carbocycles. The second-order valence-corrected chi connectivity index (χ2v) is 10.8. The summed E-state index contributed by atoms with van der Waals surface area (Å²) in [6.45, 7) is 1.63. The summed E-state index contributed by atoms with van der Waals surface area (Å²) in [5.41, 5.74) is 0.404. The van der Waals surface area contributed by atoms with Crippen LogP contribution in [-0.4, -0.2) is 73.9 Å². The number of amides is 1. The lowest BCUT2D eigenvalue weighted by atomic mass is 9.85. The number of aliphatic hydroxyl groups is 1. The fourth-order valence-corrected chi connectivity index (χ4v) is 6.11. The number of nitrogens with one attached hydrogen (secondary N) is 2. The second-order valence-electron chi connectivity index (χ2n) is 10.8. The van der Waals surface area contributed by atoms with Crippen LogP contribution in [0.15, 0.2) is 18.3 Å². The van der Waals surface area contributed by atoms with Crippen LogP contribution in [0.1, 0.15) is 51.0 Å². The van der Waals surface area contributed by atoms with Crippen molar-refractivity contribution in [2.45, 2.75) is 63.1 Å². The molecule has 0 bridgehead atoms. The molecular formula is C27H32F3N7O3. The third-order valence-electron chi connectivity index (χ3n) is 8.23. The summed E-state index contributed by atoms with van der Waals surface area (Å²) in [6.07, 6.45) is 7.05. The molecular weight excluding hydrogens is 527 g/mol. The molecule has 1 aliphatic carbocycles. The Morgan fingerprint density at radius 3 is 2.55 bits per heavy atom. The van der Waals surface area contributed by atoms with E-state index in [1.165, 1.54) is 0 Å². The highest BCUT2D eigenvalue weighted by Crippen LogP contribution is 2.33. The van der Waals surface area contributed by atoms with Gasteiger partial charge in [0.1, 0.15) is 17.0 Å². The number of anilines is 3. The number of carbonyl (C=O) groups excluding carboxylic acids is 1. The van der Waals surface area contributed by atoms with Gasteiger partial charge in [0.25, 0.3) is 0 Å². The molecule has 1 amide bonds. The number of fused-ring (bicyclic) bond motifs is 1. The maximum absolute atomic E-state index is 14.4. The molecule has 40 heavy (non-hydrogen) atoms. The van der Waals surface area contributed by atoms with Crippen LogP contribution in [-0.2, 0) is 9.53 Å². The average Bonchev–Trinajstić information content (AvgIpc) is 3.70. The minimum atomic E-state index is -1.07. The molecule has 0 radical (unpaired) electrons. The van der Waals surface area contributed by atoms with Crippen molar-refractivity contribution in [3.8, 4) is 0 Å². The van der Waals surface area contributed by atoms with Crippen molar-refractivity contribution in [1.82, 2.24) is 24.4 Å². The highest BCUT2D eigenvalue weighted by Gasteiger charge is 2.35. The van der Waals surface area contributed by atoms with E-state index in [0.29, 0.717) is 55.4 Å². The van der Waals surface area contributed by atoms with E-state index in [-0.39, 0.29) is 42.5 Å². The summed E-state index contributed by atoms with van der Waals surface area (Å²) in [7, 11) is 0. The standard InChI is InChI=1S/C27H32F3N7O3/c28-16-10-20(29)23(21(30)11-16)34-27-33-22-12-31-26(35-24(22)37(27)19-7-9-40-14-19)32-17-5-3-15(4-6-17)25(39)36-8-1-2-18(36)13-38/h10-12,15,17-19,38H,1-9,13-14H2,(H,33,34)(H,31,32,35)/t15?,17?,18-,19-/m0/s1. The number of nitrogens with zero attached hydrogens (tertiary/aromatic N) is 5. The van der Waals surface area contributed by atoms with E-state index in [1.54, 1.807) is 10.8 Å². The van der Waals surface area contributed by atoms with E-state index in [2.05, 4.69) is 20.6 Å². The Kier molecular flexibility index (Phi) is 7.49. The van der Waals surface area contributed by atoms with Gasteiger partial charge < -0.3 is 25.4 Å². The number of hydrogen-bond acceptors (Lipinski definition) is 8. The van der Waals surface area contributed by atoms with Gasteiger partial charge in [0.15, 0.2) is 17.3 Å². The zero-order valence-corrected chi connectivity index (χ0v) is 22.0. The SMILES string of the molecule is O=C(C1CCC(Nc2ncc3nc(Nc4c(F)cc(F)cc4F)n([C@H]4CCOC4)c3n2)CC1)N1CCC[C@H]1CO. The van der Waals surface area contributed by atoms with Crippen LogP contribution in [0.2, 0.25) is 0 Å². The van der Waals surface area contributed by atoms with Gasteiger partial charge in [0, 0.05) is 37.2 Å². The second kappa shape index (κ2) is 11.2. The number of benzene rings is 1. The highest BCUT2D eigenvalue weighted by molar-refractivity contribution is 5.80. The van der Waals surface area contributed by atoms with Crippen LogP contribution in [0.25, 0.3) is 11.2 Å². The predicted molar refractivity (Wildman–Crippen MR) is 141 cm³/mol. The molecule has 2 aromatic heterocycles. The molecule has 10 nitrogen and oxygen atoms in total. The topological polar surface area (TPSA) is 117 Å². The lowest BCUT2D eigenvalue weighted by molar-refractivity contribution is -0.138. The van der Waals surface area contributed by atoms with Gasteiger partial charge in [0.2, 0.25) is 17.8 Å². The van der Waals surface area contributed by atoms with Crippen molar-refractivity contribution in [3.05, 3.63) is 35.8 Å². The minimum absolute atomic E-state index is 0.0109. The smallest absolute Gasteiger partial charge is 0.226 e.